The Balaban J connectivity index is 1.74. The summed E-state index contributed by atoms with van der Waals surface area (Å²) in [7, 11) is 0. The smallest absolute Gasteiger partial charge is 0.406 e. The zero-order valence-corrected chi connectivity index (χ0v) is 20.3. The van der Waals surface area contributed by atoms with Crippen LogP contribution in [0.25, 0.3) is 0 Å². The van der Waals surface area contributed by atoms with Crippen LogP contribution in [0.1, 0.15) is 17.2 Å². The molecule has 0 bridgehead atoms. The molecule has 3 aromatic rings. The van der Waals surface area contributed by atoms with Crippen LogP contribution >= 0.6 is 0 Å². The summed E-state index contributed by atoms with van der Waals surface area (Å²) < 4.78 is 125. The molecule has 0 aliphatic carbocycles. The lowest BCUT2D eigenvalue weighted by Gasteiger charge is -2.45. The summed E-state index contributed by atoms with van der Waals surface area (Å²) in [6.07, 6.45) is -17.7. The van der Waals surface area contributed by atoms with E-state index in [-0.39, 0.29) is 24.3 Å². The maximum atomic E-state index is 13.4. The topological polar surface area (TPSA) is 45.2 Å². The van der Waals surface area contributed by atoms with Crippen LogP contribution in [0.15, 0.2) is 72.8 Å². The molecule has 0 amide bonds. The Hall–Kier alpha value is -3.81. The van der Waals surface area contributed by atoms with E-state index < -0.39 is 49.1 Å². The first kappa shape index (κ1) is 29.2. The maximum Gasteiger partial charge on any atom is 0.573 e. The lowest BCUT2D eigenvalue weighted by Crippen LogP contribution is -2.49. The Morgan fingerprint density at radius 1 is 0.750 bits per heavy atom. The molecule has 3 aromatic carbocycles. The number of rotatable bonds is 7. The van der Waals surface area contributed by atoms with Crippen LogP contribution in [0.2, 0.25) is 0 Å². The van der Waals surface area contributed by atoms with Gasteiger partial charge in [0.2, 0.25) is 0 Å². The number of hydrogen-bond acceptors (Lipinski definition) is 5. The summed E-state index contributed by atoms with van der Waals surface area (Å²) in [5, 5.41) is 9.90. The first-order chi connectivity index (χ1) is 18.6. The predicted molar refractivity (Wildman–Crippen MR) is 126 cm³/mol. The predicted octanol–water partition coefficient (Wildman–Crippen LogP) is 6.97. The monoisotopic (exact) mass is 580 g/mol. The van der Waals surface area contributed by atoms with Gasteiger partial charge in [-0.3, -0.25) is 0 Å². The highest BCUT2D eigenvalue weighted by atomic mass is 19.4. The van der Waals surface area contributed by atoms with Crippen molar-refractivity contribution in [1.82, 2.24) is 0 Å². The summed E-state index contributed by atoms with van der Waals surface area (Å²) >= 11 is 0. The van der Waals surface area contributed by atoms with Crippen LogP contribution in [0.4, 0.5) is 50.9 Å². The number of anilines is 2. The first-order valence-corrected chi connectivity index (χ1v) is 11.6. The molecule has 0 unspecified atom stereocenters. The van der Waals surface area contributed by atoms with Crippen molar-refractivity contribution in [3.63, 3.8) is 0 Å². The number of alkyl halides is 9. The number of halogens is 9. The van der Waals surface area contributed by atoms with Gasteiger partial charge in [-0.15, -0.1) is 26.3 Å². The number of ether oxygens (including phenoxy) is 2. The van der Waals surface area contributed by atoms with Crippen molar-refractivity contribution >= 4 is 11.4 Å². The highest BCUT2D eigenvalue weighted by Gasteiger charge is 2.42. The number of fused-ring (bicyclic) bond motifs is 1. The van der Waals surface area contributed by atoms with Gasteiger partial charge in [0.1, 0.15) is 11.5 Å². The van der Waals surface area contributed by atoms with E-state index in [9.17, 15) is 44.6 Å². The highest BCUT2D eigenvalue weighted by Crippen LogP contribution is 2.43. The molecule has 5 nitrogen and oxygen atoms in total. The number of β-amino-alcohol motifs (C(OH)–C–C–N with tert-alkyl or cyclic N) is 1. The average Bonchev–Trinajstić information content (AvgIpc) is 2.83. The standard InChI is InChI=1S/C26H21F9N2O3/c27-24(28,29)23(38)15-37-21-10-2-1-9-20(21)36(13-16-5-3-7-18(11-16)39-25(30,31)32)14-22(37)17-6-4-8-19(12-17)40-26(33,34)35/h1-12,22-23,38H,13-15H2/t22-,23+/m0/s1. The summed E-state index contributed by atoms with van der Waals surface area (Å²) in [6, 6.07) is 15.0. The van der Waals surface area contributed by atoms with Gasteiger partial charge in [0.25, 0.3) is 0 Å². The first-order valence-electron chi connectivity index (χ1n) is 11.6. The molecule has 1 heterocycles. The molecule has 0 radical (unpaired) electrons. The van der Waals surface area contributed by atoms with E-state index in [2.05, 4.69) is 9.47 Å². The third-order valence-corrected chi connectivity index (χ3v) is 6.03. The molecule has 1 N–H and O–H groups in total. The minimum absolute atomic E-state index is 0.0169. The number of hydrogen-bond donors (Lipinski definition) is 1. The minimum Gasteiger partial charge on any atom is -0.406 e. The lowest BCUT2D eigenvalue weighted by atomic mass is 9.98. The Bertz CT molecular complexity index is 1310. The Kier molecular flexibility index (Phi) is 8.01. The van der Waals surface area contributed by atoms with Crippen molar-refractivity contribution in [1.29, 1.82) is 0 Å². The Morgan fingerprint density at radius 2 is 1.32 bits per heavy atom. The molecule has 216 valence electrons. The second-order valence-electron chi connectivity index (χ2n) is 8.91. The summed E-state index contributed by atoms with van der Waals surface area (Å²) in [5.74, 6) is -1.07. The van der Waals surface area contributed by atoms with E-state index in [4.69, 9.17) is 0 Å². The van der Waals surface area contributed by atoms with Crippen LogP contribution in [0.3, 0.4) is 0 Å². The van der Waals surface area contributed by atoms with Gasteiger partial charge in [-0.25, -0.2) is 0 Å². The van der Waals surface area contributed by atoms with Crippen molar-refractivity contribution < 1.29 is 54.1 Å². The number of aliphatic hydroxyl groups excluding tert-OH is 1. The van der Waals surface area contributed by atoms with Crippen LogP contribution < -0.4 is 19.3 Å². The molecule has 1 aliphatic heterocycles. The quantitative estimate of drug-likeness (QED) is 0.306. The maximum absolute atomic E-state index is 13.4. The van der Waals surface area contributed by atoms with Crippen molar-refractivity contribution in [2.75, 3.05) is 22.9 Å². The number of para-hydroxylation sites is 2. The fourth-order valence-electron chi connectivity index (χ4n) is 4.48. The van der Waals surface area contributed by atoms with E-state index in [1.54, 1.807) is 17.0 Å². The molecular formula is C26H21F9N2O3. The molecule has 4 rings (SSSR count). The highest BCUT2D eigenvalue weighted by molar-refractivity contribution is 5.75. The molecule has 0 spiro atoms. The van der Waals surface area contributed by atoms with Crippen LogP contribution in [-0.4, -0.2) is 43.2 Å². The van der Waals surface area contributed by atoms with Gasteiger partial charge in [-0.1, -0.05) is 36.4 Å². The zero-order valence-electron chi connectivity index (χ0n) is 20.3. The average molecular weight is 580 g/mol. The number of aliphatic hydroxyl groups is 1. The van der Waals surface area contributed by atoms with E-state index in [1.165, 1.54) is 41.3 Å². The molecule has 2 atom stereocenters. The third kappa shape index (κ3) is 7.43. The van der Waals surface area contributed by atoms with Crippen molar-refractivity contribution in [2.45, 2.75) is 37.6 Å². The van der Waals surface area contributed by atoms with E-state index in [0.717, 1.165) is 24.3 Å². The molecule has 0 aromatic heterocycles. The van der Waals surface area contributed by atoms with Crippen molar-refractivity contribution in [2.24, 2.45) is 0 Å². The molecule has 0 saturated heterocycles. The lowest BCUT2D eigenvalue weighted by molar-refractivity contribution is -0.275. The number of benzene rings is 3. The second kappa shape index (κ2) is 11.0. The molecule has 40 heavy (non-hydrogen) atoms. The van der Waals surface area contributed by atoms with Crippen molar-refractivity contribution in [3.8, 4) is 11.5 Å². The summed E-state index contributed by atoms with van der Waals surface area (Å²) in [4.78, 5) is 2.90. The zero-order chi connectivity index (χ0) is 29.3. The van der Waals surface area contributed by atoms with E-state index >= 15 is 0 Å². The van der Waals surface area contributed by atoms with Gasteiger partial charge >= 0.3 is 18.9 Å². The minimum atomic E-state index is -5.01. The van der Waals surface area contributed by atoms with Gasteiger partial charge in [-0.2, -0.15) is 13.2 Å². The van der Waals surface area contributed by atoms with Gasteiger partial charge < -0.3 is 24.4 Å². The summed E-state index contributed by atoms with van der Waals surface area (Å²) in [5.41, 5.74) is 1.16. The Morgan fingerprint density at radius 3 is 1.93 bits per heavy atom. The van der Waals surface area contributed by atoms with E-state index in [1.807, 2.05) is 0 Å². The van der Waals surface area contributed by atoms with Crippen molar-refractivity contribution in [3.05, 3.63) is 83.9 Å². The SMILES string of the molecule is O[C@H](CN1c2ccccc2N(Cc2cccc(OC(F)(F)F)c2)C[C@H]1c1cccc(OC(F)(F)F)c1)C(F)(F)F. The fraction of sp³-hybridized carbons (Fsp3) is 0.308. The summed E-state index contributed by atoms with van der Waals surface area (Å²) in [6.45, 7) is -1.04. The fourth-order valence-corrected chi connectivity index (χ4v) is 4.48. The van der Waals surface area contributed by atoms with Gasteiger partial charge in [0.05, 0.1) is 24.0 Å². The van der Waals surface area contributed by atoms with Gasteiger partial charge in [0, 0.05) is 13.1 Å². The van der Waals surface area contributed by atoms with Gasteiger partial charge in [-0.05, 0) is 47.5 Å². The van der Waals surface area contributed by atoms with Crippen LogP contribution in [0.5, 0.6) is 11.5 Å². The Labute approximate surface area is 221 Å². The molecule has 0 fully saturated rings. The molecule has 0 saturated carbocycles. The van der Waals surface area contributed by atoms with Gasteiger partial charge in [0.15, 0.2) is 6.10 Å². The molecule has 14 heteroatoms. The third-order valence-electron chi connectivity index (χ3n) is 6.03. The van der Waals surface area contributed by atoms with Crippen LogP contribution in [-0.2, 0) is 6.54 Å². The second-order valence-corrected chi connectivity index (χ2v) is 8.91. The molecule has 1 aliphatic rings. The number of nitrogens with zero attached hydrogens (tertiary/aromatic N) is 2. The van der Waals surface area contributed by atoms with E-state index in [0.29, 0.717) is 11.3 Å². The normalized spacial score (nSPS) is 16.9. The van der Waals surface area contributed by atoms with Crippen LogP contribution in [0, 0.1) is 0 Å². The largest absolute Gasteiger partial charge is 0.573 e. The molecular weight excluding hydrogens is 559 g/mol.